The molecule has 0 atom stereocenters. The summed E-state index contributed by atoms with van der Waals surface area (Å²) in [5.74, 6) is 2.16. The zero-order valence-electron chi connectivity index (χ0n) is 21.8. The molecule has 4 aromatic rings. The van der Waals surface area contributed by atoms with Gasteiger partial charge in [0.25, 0.3) is 0 Å². The third-order valence-corrected chi connectivity index (χ3v) is 5.19. The van der Waals surface area contributed by atoms with Crippen molar-refractivity contribution in [1.82, 2.24) is 19.9 Å². The Morgan fingerprint density at radius 1 is 0.784 bits per heavy atom. The zero-order valence-corrected chi connectivity index (χ0v) is 21.8. The summed E-state index contributed by atoms with van der Waals surface area (Å²) >= 11 is 0. The maximum Gasteiger partial charge on any atom is 0.343 e. The summed E-state index contributed by atoms with van der Waals surface area (Å²) in [6.45, 7) is 2.04. The molecule has 0 unspecified atom stereocenters. The van der Waals surface area contributed by atoms with E-state index < -0.39 is 5.97 Å². The molecule has 2 heterocycles. The number of hydrogen-bond donors (Lipinski definition) is 1. The van der Waals surface area contributed by atoms with E-state index in [0.29, 0.717) is 29.6 Å². The van der Waals surface area contributed by atoms with E-state index in [1.807, 2.05) is 93.8 Å². The highest BCUT2D eigenvalue weighted by Crippen LogP contribution is 2.22. The molecule has 2 aromatic heterocycles. The van der Waals surface area contributed by atoms with Crippen LogP contribution in [0.3, 0.4) is 0 Å². The van der Waals surface area contributed by atoms with Crippen LogP contribution in [-0.2, 0) is 11.3 Å². The van der Waals surface area contributed by atoms with Gasteiger partial charge in [-0.2, -0.15) is 0 Å². The van der Waals surface area contributed by atoms with Gasteiger partial charge in [0.2, 0.25) is 0 Å². The van der Waals surface area contributed by atoms with E-state index >= 15 is 0 Å². The van der Waals surface area contributed by atoms with Crippen molar-refractivity contribution in [2.24, 2.45) is 0 Å². The van der Waals surface area contributed by atoms with Crippen LogP contribution in [0.15, 0.2) is 73.1 Å². The number of aliphatic hydroxyl groups is 1. The van der Waals surface area contributed by atoms with Gasteiger partial charge in [-0.15, -0.1) is 0 Å². The minimum absolute atomic E-state index is 0.0530. The number of esters is 1. The standard InChI is InChI=1S/C15H17N3O2.C13H15N3O/c1-4-20-15(19)12-10-16-13(17-14(12)18(2)3)11-8-6-5-7-9-11;1-16(2)13-11(9-17)8-14-12(15-13)10-6-4-3-5-7-10/h5-10H,4H2,1-3H3;3-8,17H,9H2,1-2H3. The van der Waals surface area contributed by atoms with E-state index in [-0.39, 0.29) is 6.61 Å². The fourth-order valence-corrected chi connectivity index (χ4v) is 3.42. The molecule has 0 saturated heterocycles. The van der Waals surface area contributed by atoms with Gasteiger partial charge < -0.3 is 19.6 Å². The molecular formula is C28H32N6O3. The van der Waals surface area contributed by atoms with Crippen LogP contribution in [-0.4, -0.2) is 65.8 Å². The van der Waals surface area contributed by atoms with Crippen LogP contribution in [0.1, 0.15) is 22.8 Å². The Balaban J connectivity index is 0.000000208. The number of anilines is 2. The molecule has 0 saturated carbocycles. The smallest absolute Gasteiger partial charge is 0.343 e. The Kier molecular flexibility index (Phi) is 9.62. The molecule has 9 heteroatoms. The zero-order chi connectivity index (χ0) is 26.8. The van der Waals surface area contributed by atoms with E-state index in [1.165, 1.54) is 6.20 Å². The first-order chi connectivity index (χ1) is 17.8. The van der Waals surface area contributed by atoms with Crippen molar-refractivity contribution in [2.75, 3.05) is 44.6 Å². The summed E-state index contributed by atoms with van der Waals surface area (Å²) < 4.78 is 5.02. The van der Waals surface area contributed by atoms with Gasteiger partial charge >= 0.3 is 5.97 Å². The average molecular weight is 501 g/mol. The SMILES string of the molecule is CCOC(=O)c1cnc(-c2ccccc2)nc1N(C)C.CN(C)c1nc(-c2ccccc2)ncc1CO. The lowest BCUT2D eigenvalue weighted by atomic mass is 10.2. The van der Waals surface area contributed by atoms with Crippen molar-refractivity contribution in [1.29, 1.82) is 0 Å². The van der Waals surface area contributed by atoms with Crippen molar-refractivity contribution >= 4 is 17.6 Å². The summed E-state index contributed by atoms with van der Waals surface area (Å²) in [4.78, 5) is 33.0. The van der Waals surface area contributed by atoms with Gasteiger partial charge in [0.15, 0.2) is 11.6 Å². The topological polar surface area (TPSA) is 105 Å². The second kappa shape index (κ2) is 13.1. The van der Waals surface area contributed by atoms with Gasteiger partial charge in [-0.1, -0.05) is 60.7 Å². The van der Waals surface area contributed by atoms with Crippen LogP contribution >= 0.6 is 0 Å². The van der Waals surface area contributed by atoms with Crippen molar-refractivity contribution in [3.63, 3.8) is 0 Å². The number of aliphatic hydroxyl groups excluding tert-OH is 1. The minimum Gasteiger partial charge on any atom is -0.462 e. The predicted octanol–water partition coefficient (Wildman–Crippen LogP) is 4.09. The third kappa shape index (κ3) is 7.08. The van der Waals surface area contributed by atoms with E-state index in [0.717, 1.165) is 22.5 Å². The molecule has 0 aliphatic rings. The maximum atomic E-state index is 11.9. The third-order valence-electron chi connectivity index (χ3n) is 5.19. The number of hydrogen-bond acceptors (Lipinski definition) is 9. The molecule has 0 radical (unpaired) electrons. The monoisotopic (exact) mass is 500 g/mol. The van der Waals surface area contributed by atoms with Gasteiger partial charge in [-0.25, -0.2) is 24.7 Å². The Hall–Kier alpha value is -4.37. The lowest BCUT2D eigenvalue weighted by Crippen LogP contribution is -2.18. The highest BCUT2D eigenvalue weighted by Gasteiger charge is 2.17. The second-order valence-corrected chi connectivity index (χ2v) is 8.37. The number of ether oxygens (including phenoxy) is 1. The van der Waals surface area contributed by atoms with E-state index in [9.17, 15) is 9.90 Å². The number of carbonyl (C=O) groups excluding carboxylic acids is 1. The molecule has 2 aromatic carbocycles. The lowest BCUT2D eigenvalue weighted by Gasteiger charge is -2.16. The van der Waals surface area contributed by atoms with Crippen LogP contribution in [0.4, 0.5) is 11.6 Å². The predicted molar refractivity (Wildman–Crippen MR) is 145 cm³/mol. The van der Waals surface area contributed by atoms with Crippen molar-refractivity contribution in [3.05, 3.63) is 84.2 Å². The first kappa shape index (κ1) is 27.2. The molecular weight excluding hydrogens is 468 g/mol. The van der Waals surface area contributed by atoms with Crippen molar-refractivity contribution < 1.29 is 14.6 Å². The second-order valence-electron chi connectivity index (χ2n) is 8.37. The molecule has 9 nitrogen and oxygen atoms in total. The minimum atomic E-state index is -0.407. The lowest BCUT2D eigenvalue weighted by molar-refractivity contribution is 0.0526. The molecule has 0 aliphatic carbocycles. The molecule has 0 fully saturated rings. The van der Waals surface area contributed by atoms with Crippen LogP contribution in [0.2, 0.25) is 0 Å². The molecule has 0 spiro atoms. The van der Waals surface area contributed by atoms with Crippen LogP contribution in [0.5, 0.6) is 0 Å². The Labute approximate surface area is 217 Å². The summed E-state index contributed by atoms with van der Waals surface area (Å²) in [5.41, 5.74) is 2.98. The Morgan fingerprint density at radius 2 is 1.27 bits per heavy atom. The summed E-state index contributed by atoms with van der Waals surface area (Å²) in [6, 6.07) is 19.4. The summed E-state index contributed by atoms with van der Waals surface area (Å²) in [7, 11) is 7.46. The van der Waals surface area contributed by atoms with Gasteiger partial charge in [0.1, 0.15) is 17.2 Å². The molecule has 0 bridgehead atoms. The fraction of sp³-hybridized carbons (Fsp3) is 0.250. The van der Waals surface area contributed by atoms with Crippen molar-refractivity contribution in [3.8, 4) is 22.8 Å². The number of carbonyl (C=O) groups is 1. The Morgan fingerprint density at radius 3 is 1.73 bits per heavy atom. The molecule has 1 N–H and O–H groups in total. The Bertz CT molecular complexity index is 1300. The summed E-state index contributed by atoms with van der Waals surface area (Å²) in [6.07, 6.45) is 3.19. The summed E-state index contributed by atoms with van der Waals surface area (Å²) in [5, 5.41) is 9.22. The number of aromatic nitrogens is 4. The molecule has 0 aliphatic heterocycles. The normalized spacial score (nSPS) is 10.2. The van der Waals surface area contributed by atoms with Gasteiger partial charge in [-0.3, -0.25) is 0 Å². The quantitative estimate of drug-likeness (QED) is 0.376. The van der Waals surface area contributed by atoms with Gasteiger partial charge in [-0.05, 0) is 6.92 Å². The number of rotatable bonds is 7. The van der Waals surface area contributed by atoms with E-state index in [2.05, 4.69) is 19.9 Å². The highest BCUT2D eigenvalue weighted by molar-refractivity contribution is 5.94. The first-order valence-corrected chi connectivity index (χ1v) is 11.8. The number of benzene rings is 2. The molecule has 4 rings (SSSR count). The van der Waals surface area contributed by atoms with Crippen LogP contribution < -0.4 is 9.80 Å². The van der Waals surface area contributed by atoms with Gasteiger partial charge in [0.05, 0.1) is 13.2 Å². The maximum absolute atomic E-state index is 11.9. The van der Waals surface area contributed by atoms with Gasteiger partial charge in [0, 0.05) is 57.3 Å². The first-order valence-electron chi connectivity index (χ1n) is 11.8. The highest BCUT2D eigenvalue weighted by atomic mass is 16.5. The van der Waals surface area contributed by atoms with Crippen LogP contribution in [0.25, 0.3) is 22.8 Å². The molecule has 37 heavy (non-hydrogen) atoms. The molecule has 0 amide bonds. The van der Waals surface area contributed by atoms with Crippen LogP contribution in [0, 0.1) is 0 Å². The van der Waals surface area contributed by atoms with Crippen molar-refractivity contribution in [2.45, 2.75) is 13.5 Å². The molecule has 192 valence electrons. The van der Waals surface area contributed by atoms with E-state index in [1.54, 1.807) is 18.0 Å². The average Bonchev–Trinajstić information content (AvgIpc) is 2.93. The fourth-order valence-electron chi connectivity index (χ4n) is 3.42. The largest absolute Gasteiger partial charge is 0.462 e. The van der Waals surface area contributed by atoms with E-state index in [4.69, 9.17) is 4.74 Å². The number of nitrogens with zero attached hydrogens (tertiary/aromatic N) is 6.